The molecule has 1 fully saturated rings. The second-order valence-electron chi connectivity index (χ2n) is 4.67. The predicted molar refractivity (Wildman–Crippen MR) is 78.8 cm³/mol. The van der Waals surface area contributed by atoms with Gasteiger partial charge in [-0.05, 0) is 37.2 Å². The standard InChI is InChI=1S/C12H24N2S2/c1-10(2)8-11-9-16-12(14-11)13-6-4-5-7-15-3/h10-11H,4-9H2,1-3H3,(H,13,14). The van der Waals surface area contributed by atoms with Crippen LogP contribution in [0.3, 0.4) is 0 Å². The van der Waals surface area contributed by atoms with Crippen LogP contribution in [0.25, 0.3) is 0 Å². The summed E-state index contributed by atoms with van der Waals surface area (Å²) in [4.78, 5) is 4.61. The van der Waals surface area contributed by atoms with Crippen molar-refractivity contribution in [1.29, 1.82) is 0 Å². The topological polar surface area (TPSA) is 24.4 Å². The van der Waals surface area contributed by atoms with Crippen molar-refractivity contribution in [2.75, 3.05) is 24.3 Å². The number of hydrogen-bond acceptors (Lipinski definition) is 3. The van der Waals surface area contributed by atoms with Gasteiger partial charge in [-0.25, -0.2) is 0 Å². The van der Waals surface area contributed by atoms with E-state index in [0.717, 1.165) is 12.5 Å². The summed E-state index contributed by atoms with van der Waals surface area (Å²) in [6, 6.07) is 0.648. The molecule has 1 aliphatic rings. The lowest BCUT2D eigenvalue weighted by molar-refractivity contribution is 0.502. The maximum Gasteiger partial charge on any atom is 0.156 e. The van der Waals surface area contributed by atoms with Gasteiger partial charge in [0.15, 0.2) is 5.17 Å². The lowest BCUT2D eigenvalue weighted by Gasteiger charge is -2.11. The molecule has 2 nitrogen and oxygen atoms in total. The Bertz CT molecular complexity index is 217. The first-order chi connectivity index (χ1) is 7.72. The molecule has 1 unspecified atom stereocenters. The maximum atomic E-state index is 4.61. The summed E-state index contributed by atoms with van der Waals surface area (Å²) in [5.41, 5.74) is 0. The Labute approximate surface area is 108 Å². The second-order valence-corrected chi connectivity index (χ2v) is 6.66. The zero-order valence-electron chi connectivity index (χ0n) is 10.7. The molecule has 0 aromatic carbocycles. The van der Waals surface area contributed by atoms with Crippen LogP contribution in [0.2, 0.25) is 0 Å². The summed E-state index contributed by atoms with van der Waals surface area (Å²) < 4.78 is 0. The largest absolute Gasteiger partial charge is 0.361 e. The maximum absolute atomic E-state index is 4.61. The van der Waals surface area contributed by atoms with Gasteiger partial charge < -0.3 is 5.32 Å². The van der Waals surface area contributed by atoms with Crippen molar-refractivity contribution in [1.82, 2.24) is 5.32 Å². The molecule has 1 aliphatic heterocycles. The third kappa shape index (κ3) is 6.04. The third-order valence-corrected chi connectivity index (χ3v) is 4.30. The van der Waals surface area contributed by atoms with Crippen molar-refractivity contribution in [3.63, 3.8) is 0 Å². The lowest BCUT2D eigenvalue weighted by atomic mass is 10.1. The van der Waals surface area contributed by atoms with Gasteiger partial charge in [-0.2, -0.15) is 11.8 Å². The average molecular weight is 260 g/mol. The Morgan fingerprint density at radius 3 is 3.00 bits per heavy atom. The van der Waals surface area contributed by atoms with E-state index < -0.39 is 0 Å². The minimum atomic E-state index is 0.648. The van der Waals surface area contributed by atoms with Crippen LogP contribution < -0.4 is 5.32 Å². The van der Waals surface area contributed by atoms with Crippen LogP contribution in [0.5, 0.6) is 0 Å². The predicted octanol–water partition coefficient (Wildman–Crippen LogP) is 3.24. The average Bonchev–Trinajstić information content (AvgIpc) is 2.64. The van der Waals surface area contributed by atoms with E-state index in [4.69, 9.17) is 0 Å². The highest BCUT2D eigenvalue weighted by atomic mass is 32.2. The highest BCUT2D eigenvalue weighted by Gasteiger charge is 2.20. The Hall–Kier alpha value is 0.170. The second kappa shape index (κ2) is 8.29. The van der Waals surface area contributed by atoms with E-state index in [1.54, 1.807) is 0 Å². The monoisotopic (exact) mass is 260 g/mol. The van der Waals surface area contributed by atoms with Crippen molar-refractivity contribution in [2.24, 2.45) is 10.9 Å². The van der Waals surface area contributed by atoms with Crippen molar-refractivity contribution in [2.45, 2.75) is 39.2 Å². The summed E-state index contributed by atoms with van der Waals surface area (Å²) in [6.45, 7) is 5.55. The number of aliphatic imine (C=N–C) groups is 1. The zero-order valence-corrected chi connectivity index (χ0v) is 12.3. The third-order valence-electron chi connectivity index (χ3n) is 2.52. The molecule has 0 bridgehead atoms. The van der Waals surface area contributed by atoms with Gasteiger partial charge in [0.25, 0.3) is 0 Å². The number of thioether (sulfide) groups is 2. The van der Waals surface area contributed by atoms with Gasteiger partial charge in [0.1, 0.15) is 0 Å². The van der Waals surface area contributed by atoms with Crippen molar-refractivity contribution in [3.8, 4) is 0 Å². The van der Waals surface area contributed by atoms with Gasteiger partial charge in [0, 0.05) is 18.3 Å². The highest BCUT2D eigenvalue weighted by Crippen LogP contribution is 2.19. The van der Waals surface area contributed by atoms with Gasteiger partial charge in [-0.1, -0.05) is 25.6 Å². The van der Waals surface area contributed by atoms with Gasteiger partial charge in [-0.3, -0.25) is 4.99 Å². The van der Waals surface area contributed by atoms with Gasteiger partial charge in [0.2, 0.25) is 0 Å². The Morgan fingerprint density at radius 2 is 2.31 bits per heavy atom. The molecule has 0 spiro atoms. The molecule has 4 heteroatoms. The molecule has 0 radical (unpaired) electrons. The molecule has 0 saturated carbocycles. The molecule has 0 aromatic rings. The molecule has 0 aromatic heterocycles. The molecule has 1 atom stereocenters. The first-order valence-corrected chi connectivity index (χ1v) is 8.53. The van der Waals surface area contributed by atoms with Crippen LogP contribution in [0.15, 0.2) is 4.99 Å². The van der Waals surface area contributed by atoms with Crippen LogP contribution in [0.1, 0.15) is 33.1 Å². The molecule has 16 heavy (non-hydrogen) atoms. The molecule has 1 N–H and O–H groups in total. The Balaban J connectivity index is 2.12. The Morgan fingerprint density at radius 1 is 1.50 bits per heavy atom. The van der Waals surface area contributed by atoms with E-state index in [0.29, 0.717) is 6.04 Å². The highest BCUT2D eigenvalue weighted by molar-refractivity contribution is 8.14. The van der Waals surface area contributed by atoms with E-state index in [2.05, 4.69) is 30.4 Å². The summed E-state index contributed by atoms with van der Waals surface area (Å²) in [5, 5.41) is 4.70. The van der Waals surface area contributed by atoms with E-state index in [1.807, 2.05) is 23.5 Å². The van der Waals surface area contributed by atoms with Crippen LogP contribution in [0.4, 0.5) is 0 Å². The SMILES string of the molecule is CSCCCCN=C1NC(CC(C)C)CS1. The molecule has 0 amide bonds. The minimum absolute atomic E-state index is 0.648. The van der Waals surface area contributed by atoms with E-state index in [1.165, 1.54) is 35.9 Å². The minimum Gasteiger partial charge on any atom is -0.361 e. The van der Waals surface area contributed by atoms with Crippen molar-refractivity contribution >= 4 is 28.7 Å². The lowest BCUT2D eigenvalue weighted by Crippen LogP contribution is -2.28. The van der Waals surface area contributed by atoms with Crippen molar-refractivity contribution < 1.29 is 0 Å². The molecular weight excluding hydrogens is 236 g/mol. The van der Waals surface area contributed by atoms with Crippen molar-refractivity contribution in [3.05, 3.63) is 0 Å². The fourth-order valence-corrected chi connectivity index (χ4v) is 3.27. The van der Waals surface area contributed by atoms with Gasteiger partial charge >= 0.3 is 0 Å². The fraction of sp³-hybridized carbons (Fsp3) is 0.917. The fourth-order valence-electron chi connectivity index (χ4n) is 1.76. The molecular formula is C12H24N2S2. The molecule has 94 valence electrons. The quantitative estimate of drug-likeness (QED) is 0.711. The van der Waals surface area contributed by atoms with Crippen LogP contribution >= 0.6 is 23.5 Å². The van der Waals surface area contributed by atoms with E-state index in [-0.39, 0.29) is 0 Å². The number of hydrogen-bond donors (Lipinski definition) is 1. The summed E-state index contributed by atoms with van der Waals surface area (Å²) >= 11 is 3.81. The van der Waals surface area contributed by atoms with Crippen LogP contribution in [-0.2, 0) is 0 Å². The number of amidine groups is 1. The zero-order chi connectivity index (χ0) is 11.8. The number of nitrogens with one attached hydrogen (secondary N) is 1. The molecule has 1 heterocycles. The number of rotatable bonds is 7. The summed E-state index contributed by atoms with van der Waals surface area (Å²) in [5.74, 6) is 3.24. The normalized spacial score (nSPS) is 23.0. The van der Waals surface area contributed by atoms with Crippen LogP contribution in [-0.4, -0.2) is 35.5 Å². The smallest absolute Gasteiger partial charge is 0.156 e. The Kier molecular flexibility index (Phi) is 7.37. The molecule has 1 rings (SSSR count). The summed E-state index contributed by atoms with van der Waals surface area (Å²) in [6.07, 6.45) is 5.94. The van der Waals surface area contributed by atoms with Gasteiger partial charge in [0.05, 0.1) is 0 Å². The first kappa shape index (κ1) is 14.2. The van der Waals surface area contributed by atoms with Gasteiger partial charge in [-0.15, -0.1) is 0 Å². The number of unbranched alkanes of at least 4 members (excludes halogenated alkanes) is 1. The number of nitrogens with zero attached hydrogens (tertiary/aromatic N) is 1. The first-order valence-electron chi connectivity index (χ1n) is 6.15. The van der Waals surface area contributed by atoms with E-state index >= 15 is 0 Å². The van der Waals surface area contributed by atoms with E-state index in [9.17, 15) is 0 Å². The summed E-state index contributed by atoms with van der Waals surface area (Å²) in [7, 11) is 0. The molecule has 1 saturated heterocycles. The molecule has 0 aliphatic carbocycles. The van der Waals surface area contributed by atoms with Crippen LogP contribution in [0, 0.1) is 5.92 Å².